The molecule has 0 spiro atoms. The van der Waals surface area contributed by atoms with E-state index >= 15 is 0 Å². The molecule has 7 nitrogen and oxygen atoms in total. The largest absolute Gasteiger partial charge is 0.491 e. The summed E-state index contributed by atoms with van der Waals surface area (Å²) in [6.45, 7) is 1.75. The first-order valence-electron chi connectivity index (χ1n) is 9.53. The molecule has 1 fully saturated rings. The number of nitrogens with one attached hydrogen (secondary N) is 1. The van der Waals surface area contributed by atoms with E-state index in [9.17, 15) is 18.0 Å². The smallest absolute Gasteiger partial charge is 0.415 e. The van der Waals surface area contributed by atoms with Crippen molar-refractivity contribution < 1.29 is 31.9 Å². The van der Waals surface area contributed by atoms with Crippen molar-refractivity contribution in [2.75, 3.05) is 19.0 Å². The monoisotopic (exact) mass is 435 g/mol. The fourth-order valence-corrected chi connectivity index (χ4v) is 3.50. The van der Waals surface area contributed by atoms with Crippen LogP contribution in [0, 0.1) is 6.92 Å². The van der Waals surface area contributed by atoms with Crippen LogP contribution in [0.2, 0.25) is 0 Å². The van der Waals surface area contributed by atoms with E-state index in [-0.39, 0.29) is 29.4 Å². The molecule has 3 heterocycles. The summed E-state index contributed by atoms with van der Waals surface area (Å²) in [6.07, 6.45) is -5.20. The van der Waals surface area contributed by atoms with Crippen molar-refractivity contribution in [2.24, 2.45) is 0 Å². The summed E-state index contributed by atoms with van der Waals surface area (Å²) in [7, 11) is 1.33. The molecular weight excluding hydrogens is 415 g/mol. The molecule has 164 valence electrons. The fraction of sp³-hybridized carbons (Fsp3) is 0.333. The molecule has 1 N–H and O–H groups in total. The Morgan fingerprint density at radius 3 is 2.58 bits per heavy atom. The van der Waals surface area contributed by atoms with E-state index in [1.807, 2.05) is 30.3 Å². The standard InChI is InChI=1S/C21H20F3N3O4/c1-12-14(8-9-30-12)20(28)27-19(25-10-13-6-4-3-5-7-13)17(29-2)16(26-27)15-11-31-18(15)21(22,23)24/h3-9,15,18,25H,10-11H2,1-2H3. The molecule has 2 atom stereocenters. The topological polar surface area (TPSA) is 78.5 Å². The van der Waals surface area contributed by atoms with Crippen molar-refractivity contribution in [3.05, 3.63) is 65.2 Å². The van der Waals surface area contributed by atoms with Crippen molar-refractivity contribution in [2.45, 2.75) is 31.7 Å². The van der Waals surface area contributed by atoms with Crippen molar-refractivity contribution in [1.29, 1.82) is 0 Å². The Morgan fingerprint density at radius 1 is 1.29 bits per heavy atom. The quantitative estimate of drug-likeness (QED) is 0.627. The van der Waals surface area contributed by atoms with Crippen molar-refractivity contribution in [3.8, 4) is 5.75 Å². The molecule has 10 heteroatoms. The van der Waals surface area contributed by atoms with Gasteiger partial charge in [-0.25, -0.2) is 0 Å². The molecular formula is C21H20F3N3O4. The van der Waals surface area contributed by atoms with Crippen molar-refractivity contribution >= 4 is 11.7 Å². The molecule has 1 aromatic carbocycles. The van der Waals surface area contributed by atoms with Gasteiger partial charge in [-0.2, -0.15) is 23.0 Å². The van der Waals surface area contributed by atoms with Crippen LogP contribution in [0.4, 0.5) is 19.0 Å². The first kappa shape index (κ1) is 21.0. The van der Waals surface area contributed by atoms with E-state index in [1.165, 1.54) is 19.4 Å². The highest BCUT2D eigenvalue weighted by Crippen LogP contribution is 2.45. The number of aromatic nitrogens is 2. The number of carbonyl (C=O) groups is 1. The number of methoxy groups -OCH3 is 1. The predicted octanol–water partition coefficient (Wildman–Crippen LogP) is 4.14. The van der Waals surface area contributed by atoms with Gasteiger partial charge in [-0.05, 0) is 18.6 Å². The Labute approximate surface area is 175 Å². The van der Waals surface area contributed by atoms with Crippen LogP contribution in [-0.2, 0) is 11.3 Å². The average Bonchev–Trinajstić information content (AvgIpc) is 3.28. The van der Waals surface area contributed by atoms with Crippen LogP contribution < -0.4 is 10.1 Å². The highest BCUT2D eigenvalue weighted by atomic mass is 19.4. The lowest BCUT2D eigenvalue weighted by molar-refractivity contribution is -0.271. The number of ether oxygens (including phenoxy) is 2. The normalized spacial score (nSPS) is 18.5. The predicted molar refractivity (Wildman–Crippen MR) is 104 cm³/mol. The van der Waals surface area contributed by atoms with Crippen molar-refractivity contribution in [3.63, 3.8) is 0 Å². The molecule has 3 aromatic rings. The zero-order valence-corrected chi connectivity index (χ0v) is 16.8. The number of halogens is 3. The lowest BCUT2D eigenvalue weighted by atomic mass is 9.93. The van der Waals surface area contributed by atoms with Crippen LogP contribution in [-0.4, -0.2) is 41.7 Å². The molecule has 1 aliphatic heterocycles. The van der Waals surface area contributed by atoms with Gasteiger partial charge >= 0.3 is 6.18 Å². The molecule has 0 aliphatic carbocycles. The van der Waals surface area contributed by atoms with Crippen LogP contribution in [0.15, 0.2) is 47.1 Å². The number of hydrogen-bond donors (Lipinski definition) is 1. The third-order valence-corrected chi connectivity index (χ3v) is 5.15. The van der Waals surface area contributed by atoms with Crippen LogP contribution in [0.25, 0.3) is 0 Å². The zero-order chi connectivity index (χ0) is 22.2. The van der Waals surface area contributed by atoms with E-state index in [1.54, 1.807) is 6.92 Å². The van der Waals surface area contributed by atoms with E-state index in [4.69, 9.17) is 13.9 Å². The zero-order valence-electron chi connectivity index (χ0n) is 16.8. The van der Waals surface area contributed by atoms with Gasteiger partial charge in [-0.3, -0.25) is 4.79 Å². The maximum absolute atomic E-state index is 13.3. The Morgan fingerprint density at radius 2 is 2.03 bits per heavy atom. The molecule has 2 unspecified atom stereocenters. The number of anilines is 1. The summed E-state index contributed by atoms with van der Waals surface area (Å²) in [4.78, 5) is 13.1. The fourth-order valence-electron chi connectivity index (χ4n) is 3.50. The molecule has 0 bridgehead atoms. The number of hydrogen-bond acceptors (Lipinski definition) is 6. The minimum Gasteiger partial charge on any atom is -0.491 e. The first-order valence-corrected chi connectivity index (χ1v) is 9.53. The number of carbonyl (C=O) groups excluding carboxylic acids is 1. The molecule has 0 saturated carbocycles. The molecule has 0 amide bonds. The van der Waals surface area contributed by atoms with Gasteiger partial charge in [0, 0.05) is 6.54 Å². The second kappa shape index (κ2) is 8.10. The van der Waals surface area contributed by atoms with Crippen LogP contribution in [0.1, 0.15) is 33.3 Å². The van der Waals surface area contributed by atoms with E-state index in [0.29, 0.717) is 12.3 Å². The number of furan rings is 1. The summed E-state index contributed by atoms with van der Waals surface area (Å²) < 4.78 is 56.3. The second-order valence-corrected chi connectivity index (χ2v) is 7.12. The van der Waals surface area contributed by atoms with Gasteiger partial charge in [0.1, 0.15) is 11.5 Å². The number of benzene rings is 1. The second-order valence-electron chi connectivity index (χ2n) is 7.12. The molecule has 1 saturated heterocycles. The maximum Gasteiger partial charge on any atom is 0.415 e. The molecule has 31 heavy (non-hydrogen) atoms. The summed E-state index contributed by atoms with van der Waals surface area (Å²) in [5.41, 5.74) is 1.17. The maximum atomic E-state index is 13.3. The number of rotatable bonds is 6. The Bertz CT molecular complexity index is 1080. The lowest BCUT2D eigenvalue weighted by Gasteiger charge is -2.36. The summed E-state index contributed by atoms with van der Waals surface area (Å²) in [5, 5.41) is 7.32. The molecule has 1 aliphatic rings. The number of alkyl halides is 3. The van der Waals surface area contributed by atoms with E-state index in [0.717, 1.165) is 10.2 Å². The van der Waals surface area contributed by atoms with E-state index in [2.05, 4.69) is 10.4 Å². The van der Waals surface area contributed by atoms with Gasteiger partial charge in [0.25, 0.3) is 5.91 Å². The van der Waals surface area contributed by atoms with Gasteiger partial charge in [-0.1, -0.05) is 30.3 Å². The van der Waals surface area contributed by atoms with Gasteiger partial charge < -0.3 is 19.2 Å². The molecule has 2 aromatic heterocycles. The van der Waals surface area contributed by atoms with Crippen LogP contribution >= 0.6 is 0 Å². The van der Waals surface area contributed by atoms with Gasteiger partial charge in [0.2, 0.25) is 0 Å². The first-order chi connectivity index (χ1) is 14.8. The number of aryl methyl sites for hydroxylation is 1. The Kier molecular flexibility index (Phi) is 5.48. The van der Waals surface area contributed by atoms with Gasteiger partial charge in [0.15, 0.2) is 17.7 Å². The van der Waals surface area contributed by atoms with E-state index < -0.39 is 24.1 Å². The summed E-state index contributed by atoms with van der Waals surface area (Å²) in [6, 6.07) is 10.8. The molecule has 0 radical (unpaired) electrons. The highest BCUT2D eigenvalue weighted by Gasteiger charge is 2.54. The summed E-state index contributed by atoms with van der Waals surface area (Å²) in [5.74, 6) is -1.01. The van der Waals surface area contributed by atoms with Crippen molar-refractivity contribution in [1.82, 2.24) is 9.78 Å². The highest BCUT2D eigenvalue weighted by molar-refractivity contribution is 5.98. The average molecular weight is 435 g/mol. The third-order valence-electron chi connectivity index (χ3n) is 5.15. The lowest BCUT2D eigenvalue weighted by Crippen LogP contribution is -2.48. The van der Waals surface area contributed by atoms with Crippen LogP contribution in [0.3, 0.4) is 0 Å². The Hall–Kier alpha value is -3.27. The SMILES string of the molecule is COc1c(C2COC2C(F)(F)F)nn(C(=O)c2ccoc2C)c1NCc1ccccc1. The number of nitrogens with zero attached hydrogens (tertiary/aromatic N) is 2. The summed E-state index contributed by atoms with van der Waals surface area (Å²) >= 11 is 0. The Balaban J connectivity index is 1.75. The van der Waals surface area contributed by atoms with Gasteiger partial charge in [0.05, 0.1) is 31.5 Å². The minimum absolute atomic E-state index is 0.0149. The van der Waals surface area contributed by atoms with Gasteiger partial charge in [-0.15, -0.1) is 0 Å². The van der Waals surface area contributed by atoms with Crippen LogP contribution in [0.5, 0.6) is 5.75 Å². The minimum atomic E-state index is -4.56. The third kappa shape index (κ3) is 3.90. The molecule has 4 rings (SSSR count).